The van der Waals surface area contributed by atoms with Gasteiger partial charge in [-0.15, -0.1) is 0 Å². The van der Waals surface area contributed by atoms with Crippen LogP contribution in [0.4, 0.5) is 0 Å². The van der Waals surface area contributed by atoms with Crippen LogP contribution in [0.2, 0.25) is 0 Å². The van der Waals surface area contributed by atoms with Crippen LogP contribution in [0.3, 0.4) is 0 Å². The van der Waals surface area contributed by atoms with Crippen LogP contribution in [0, 0.1) is 11.3 Å². The number of likely N-dealkylation sites (N-methyl/N-ethyl adjacent to an activating group) is 1. The third-order valence-electron chi connectivity index (χ3n) is 2.71. The first-order valence-electron chi connectivity index (χ1n) is 4.67. The summed E-state index contributed by atoms with van der Waals surface area (Å²) in [5.74, 6) is -0.929. The average Bonchev–Trinajstić information content (AvgIpc) is 2.01. The summed E-state index contributed by atoms with van der Waals surface area (Å²) < 4.78 is 0. The van der Waals surface area contributed by atoms with Crippen molar-refractivity contribution in [3.05, 3.63) is 0 Å². The number of rotatable bonds is 4. The molecule has 0 aliphatic heterocycles. The van der Waals surface area contributed by atoms with E-state index in [1.807, 2.05) is 27.7 Å². The Morgan fingerprint density at radius 3 is 2.07 bits per heavy atom. The largest absolute Gasteiger partial charge is 0.480 e. The van der Waals surface area contributed by atoms with Gasteiger partial charge in [0.25, 0.3) is 0 Å². The summed E-state index contributed by atoms with van der Waals surface area (Å²) in [7, 11) is 1.51. The number of carboxylic acids is 1. The molecule has 0 heterocycles. The highest BCUT2D eigenvalue weighted by Gasteiger charge is 2.33. The molecule has 0 unspecified atom stereocenters. The SMILES string of the molecule is CC(C)C(C)(C)C(=O)N(C)CC(=O)O. The van der Waals surface area contributed by atoms with Crippen LogP contribution in [0.5, 0.6) is 0 Å². The monoisotopic (exact) mass is 201 g/mol. The number of hydrogen-bond acceptors (Lipinski definition) is 2. The number of carbonyl (C=O) groups excluding carboxylic acids is 1. The van der Waals surface area contributed by atoms with Gasteiger partial charge in [-0.25, -0.2) is 0 Å². The van der Waals surface area contributed by atoms with Crippen molar-refractivity contribution in [3.63, 3.8) is 0 Å². The number of hydrogen-bond donors (Lipinski definition) is 1. The fraction of sp³-hybridized carbons (Fsp3) is 0.800. The number of amides is 1. The van der Waals surface area contributed by atoms with E-state index in [9.17, 15) is 9.59 Å². The molecule has 1 N–H and O–H groups in total. The molecule has 1 amide bonds. The van der Waals surface area contributed by atoms with Crippen molar-refractivity contribution in [1.29, 1.82) is 0 Å². The van der Waals surface area contributed by atoms with Gasteiger partial charge >= 0.3 is 5.97 Å². The van der Waals surface area contributed by atoms with Gasteiger partial charge in [0.1, 0.15) is 6.54 Å². The maximum Gasteiger partial charge on any atom is 0.323 e. The Morgan fingerprint density at radius 2 is 1.79 bits per heavy atom. The van der Waals surface area contributed by atoms with Gasteiger partial charge in [0.2, 0.25) is 5.91 Å². The topological polar surface area (TPSA) is 57.6 Å². The molecule has 0 saturated heterocycles. The van der Waals surface area contributed by atoms with Crippen LogP contribution >= 0.6 is 0 Å². The van der Waals surface area contributed by atoms with Crippen LogP contribution in [0.15, 0.2) is 0 Å². The van der Waals surface area contributed by atoms with Gasteiger partial charge in [0.05, 0.1) is 0 Å². The van der Waals surface area contributed by atoms with Gasteiger partial charge < -0.3 is 10.0 Å². The van der Waals surface area contributed by atoms with E-state index in [4.69, 9.17) is 5.11 Å². The summed E-state index contributed by atoms with van der Waals surface area (Å²) in [5, 5.41) is 8.54. The summed E-state index contributed by atoms with van der Waals surface area (Å²) in [5.41, 5.74) is -0.510. The Bertz CT molecular complexity index is 234. The maximum absolute atomic E-state index is 11.8. The van der Waals surface area contributed by atoms with Crippen LogP contribution in [-0.2, 0) is 9.59 Å². The number of carboxylic acid groups (broad SMARTS) is 1. The van der Waals surface area contributed by atoms with Crippen molar-refractivity contribution >= 4 is 11.9 Å². The quantitative estimate of drug-likeness (QED) is 0.743. The van der Waals surface area contributed by atoms with E-state index >= 15 is 0 Å². The summed E-state index contributed by atoms with van der Waals surface area (Å²) >= 11 is 0. The summed E-state index contributed by atoms with van der Waals surface area (Å²) in [6.07, 6.45) is 0. The molecule has 4 heteroatoms. The zero-order chi connectivity index (χ0) is 11.5. The molecule has 0 saturated carbocycles. The smallest absolute Gasteiger partial charge is 0.323 e. The first-order chi connectivity index (χ1) is 6.19. The number of nitrogens with zero attached hydrogens (tertiary/aromatic N) is 1. The van der Waals surface area contributed by atoms with Gasteiger partial charge in [-0.3, -0.25) is 9.59 Å². The van der Waals surface area contributed by atoms with Gasteiger partial charge in [-0.05, 0) is 5.92 Å². The third kappa shape index (κ3) is 3.01. The first-order valence-corrected chi connectivity index (χ1v) is 4.67. The fourth-order valence-corrected chi connectivity index (χ4v) is 1.01. The van der Waals surface area contributed by atoms with E-state index in [0.29, 0.717) is 0 Å². The lowest BCUT2D eigenvalue weighted by atomic mass is 9.80. The van der Waals surface area contributed by atoms with E-state index in [0.717, 1.165) is 0 Å². The highest BCUT2D eigenvalue weighted by molar-refractivity contribution is 5.85. The Morgan fingerprint density at radius 1 is 1.36 bits per heavy atom. The third-order valence-corrected chi connectivity index (χ3v) is 2.71. The van der Waals surface area contributed by atoms with Gasteiger partial charge in [-0.2, -0.15) is 0 Å². The Kier molecular flexibility index (Phi) is 4.10. The van der Waals surface area contributed by atoms with Gasteiger partial charge in [0.15, 0.2) is 0 Å². The van der Waals surface area contributed by atoms with E-state index in [2.05, 4.69) is 0 Å². The van der Waals surface area contributed by atoms with Crippen molar-refractivity contribution in [3.8, 4) is 0 Å². The standard InChI is InChI=1S/C10H19NO3/c1-7(2)10(3,4)9(14)11(5)6-8(12)13/h7H,6H2,1-5H3,(H,12,13). The molecule has 82 valence electrons. The molecule has 0 aromatic rings. The zero-order valence-corrected chi connectivity index (χ0v) is 9.50. The fourth-order valence-electron chi connectivity index (χ4n) is 1.01. The summed E-state index contributed by atoms with van der Waals surface area (Å²) in [6, 6.07) is 0. The minimum absolute atomic E-state index is 0.130. The van der Waals surface area contributed by atoms with Crippen LogP contribution < -0.4 is 0 Å². The Labute approximate surface area is 84.9 Å². The van der Waals surface area contributed by atoms with Crippen LogP contribution in [-0.4, -0.2) is 35.5 Å². The second-order valence-corrected chi connectivity index (χ2v) is 4.43. The second kappa shape index (κ2) is 4.44. The number of carbonyl (C=O) groups is 2. The molecule has 0 radical (unpaired) electrons. The van der Waals surface area contributed by atoms with Gasteiger partial charge in [-0.1, -0.05) is 27.7 Å². The molecule has 0 rings (SSSR count). The Balaban J connectivity index is 4.53. The predicted octanol–water partition coefficient (Wildman–Crippen LogP) is 1.21. The minimum Gasteiger partial charge on any atom is -0.480 e. The molecule has 0 bridgehead atoms. The molecular formula is C10H19NO3. The van der Waals surface area contributed by atoms with E-state index < -0.39 is 11.4 Å². The molecule has 0 atom stereocenters. The predicted molar refractivity (Wildman–Crippen MR) is 53.9 cm³/mol. The average molecular weight is 201 g/mol. The van der Waals surface area contributed by atoms with Crippen molar-refractivity contribution < 1.29 is 14.7 Å². The lowest BCUT2D eigenvalue weighted by Gasteiger charge is -2.31. The van der Waals surface area contributed by atoms with E-state index in [1.54, 1.807) is 0 Å². The molecule has 0 aromatic carbocycles. The molecule has 0 spiro atoms. The Hall–Kier alpha value is -1.06. The summed E-state index contributed by atoms with van der Waals surface area (Å²) in [6.45, 7) is 7.32. The minimum atomic E-state index is -0.986. The zero-order valence-electron chi connectivity index (χ0n) is 9.50. The normalized spacial score (nSPS) is 11.6. The molecule has 14 heavy (non-hydrogen) atoms. The molecule has 0 aliphatic rings. The van der Waals surface area contributed by atoms with E-state index in [1.165, 1.54) is 11.9 Å². The van der Waals surface area contributed by atoms with Crippen LogP contribution in [0.1, 0.15) is 27.7 Å². The highest BCUT2D eigenvalue weighted by atomic mass is 16.4. The first kappa shape index (κ1) is 12.9. The van der Waals surface area contributed by atoms with Gasteiger partial charge in [0, 0.05) is 12.5 Å². The molecule has 4 nitrogen and oxygen atoms in total. The molecular weight excluding hydrogens is 182 g/mol. The highest BCUT2D eigenvalue weighted by Crippen LogP contribution is 2.27. The summed E-state index contributed by atoms with van der Waals surface area (Å²) in [4.78, 5) is 23.5. The molecule has 0 aromatic heterocycles. The molecule has 0 aliphatic carbocycles. The second-order valence-electron chi connectivity index (χ2n) is 4.43. The lowest BCUT2D eigenvalue weighted by molar-refractivity contribution is -0.148. The van der Waals surface area contributed by atoms with Crippen molar-refractivity contribution in [2.24, 2.45) is 11.3 Å². The lowest BCUT2D eigenvalue weighted by Crippen LogP contribution is -2.43. The van der Waals surface area contributed by atoms with E-state index in [-0.39, 0.29) is 18.4 Å². The van der Waals surface area contributed by atoms with Crippen LogP contribution in [0.25, 0.3) is 0 Å². The van der Waals surface area contributed by atoms with Crippen molar-refractivity contribution in [1.82, 2.24) is 4.90 Å². The van der Waals surface area contributed by atoms with Crippen molar-refractivity contribution in [2.75, 3.05) is 13.6 Å². The van der Waals surface area contributed by atoms with Crippen molar-refractivity contribution in [2.45, 2.75) is 27.7 Å². The molecule has 0 fully saturated rings. The number of aliphatic carboxylic acids is 1. The maximum atomic E-state index is 11.8.